The van der Waals surface area contributed by atoms with Crippen LogP contribution in [0.25, 0.3) is 0 Å². The minimum Gasteiger partial charge on any atom is -0.471 e. The summed E-state index contributed by atoms with van der Waals surface area (Å²) >= 11 is 0. The number of hydrogen-bond acceptors (Lipinski definition) is 5. The van der Waals surface area contributed by atoms with E-state index in [0.717, 1.165) is 0 Å². The van der Waals surface area contributed by atoms with Crippen molar-refractivity contribution in [1.82, 2.24) is 10.2 Å². The number of nitrogens with zero attached hydrogens (tertiary/aromatic N) is 2. The summed E-state index contributed by atoms with van der Waals surface area (Å²) in [5.41, 5.74) is 0.525. The van der Waals surface area contributed by atoms with Crippen molar-refractivity contribution in [2.45, 2.75) is 19.6 Å². The monoisotopic (exact) mass is 198 g/mol. The molecule has 0 saturated carbocycles. The average Bonchev–Trinajstić information content (AvgIpc) is 2.19. The maximum Gasteiger partial charge on any atom is 0.233 e. The summed E-state index contributed by atoms with van der Waals surface area (Å²) in [6.45, 7) is 2.27. The highest BCUT2D eigenvalue weighted by molar-refractivity contribution is 5.11. The molecule has 0 aliphatic rings. The number of rotatable bonds is 5. The van der Waals surface area contributed by atoms with Gasteiger partial charge in [0.25, 0.3) is 0 Å². The first-order valence-electron chi connectivity index (χ1n) is 4.35. The summed E-state index contributed by atoms with van der Waals surface area (Å²) < 4.78 is 10.3. The van der Waals surface area contributed by atoms with E-state index >= 15 is 0 Å². The molecule has 0 radical (unpaired) electrons. The van der Waals surface area contributed by atoms with Gasteiger partial charge in [0, 0.05) is 13.2 Å². The van der Waals surface area contributed by atoms with E-state index in [9.17, 15) is 0 Å². The summed E-state index contributed by atoms with van der Waals surface area (Å²) in [6.07, 6.45) is -0.0609. The Kier molecular flexibility index (Phi) is 4.28. The van der Waals surface area contributed by atoms with Crippen LogP contribution in [-0.2, 0) is 11.3 Å². The van der Waals surface area contributed by atoms with Gasteiger partial charge in [-0.1, -0.05) is 0 Å². The number of methoxy groups -OCH3 is 1. The van der Waals surface area contributed by atoms with Gasteiger partial charge < -0.3 is 14.6 Å². The summed E-state index contributed by atoms with van der Waals surface area (Å²) in [7, 11) is 1.61. The molecule has 1 unspecified atom stereocenters. The van der Waals surface area contributed by atoms with Gasteiger partial charge in [0.05, 0.1) is 18.9 Å². The molecule has 0 aromatic carbocycles. The molecule has 5 nitrogen and oxygen atoms in total. The Balaban J connectivity index is 2.50. The van der Waals surface area contributed by atoms with E-state index in [2.05, 4.69) is 10.2 Å². The molecule has 78 valence electrons. The van der Waals surface area contributed by atoms with Crippen molar-refractivity contribution in [3.8, 4) is 5.88 Å². The zero-order valence-electron chi connectivity index (χ0n) is 8.30. The third-order valence-corrected chi connectivity index (χ3v) is 1.58. The van der Waals surface area contributed by atoms with Crippen LogP contribution in [0.2, 0.25) is 0 Å². The van der Waals surface area contributed by atoms with Crippen molar-refractivity contribution >= 4 is 0 Å². The number of aliphatic hydroxyl groups excluding tert-OH is 1. The SMILES string of the molecule is COCC(C)Oc1ccc(CO)nn1. The Morgan fingerprint density at radius 2 is 2.21 bits per heavy atom. The van der Waals surface area contributed by atoms with E-state index in [1.165, 1.54) is 0 Å². The molecule has 1 N–H and O–H groups in total. The molecular weight excluding hydrogens is 184 g/mol. The second kappa shape index (κ2) is 5.51. The second-order valence-electron chi connectivity index (χ2n) is 2.90. The van der Waals surface area contributed by atoms with E-state index in [0.29, 0.717) is 18.2 Å². The topological polar surface area (TPSA) is 64.5 Å². The Morgan fingerprint density at radius 1 is 1.43 bits per heavy atom. The largest absolute Gasteiger partial charge is 0.471 e. The molecule has 1 rings (SSSR count). The Morgan fingerprint density at radius 3 is 2.71 bits per heavy atom. The predicted octanol–water partition coefficient (Wildman–Crippen LogP) is 0.383. The smallest absolute Gasteiger partial charge is 0.233 e. The van der Waals surface area contributed by atoms with E-state index in [1.807, 2.05) is 6.92 Å². The lowest BCUT2D eigenvalue weighted by Gasteiger charge is -2.11. The van der Waals surface area contributed by atoms with E-state index in [-0.39, 0.29) is 12.7 Å². The summed E-state index contributed by atoms with van der Waals surface area (Å²) in [5, 5.41) is 16.3. The van der Waals surface area contributed by atoms with Gasteiger partial charge in [-0.25, -0.2) is 0 Å². The molecule has 0 bridgehead atoms. The van der Waals surface area contributed by atoms with E-state index < -0.39 is 0 Å². The third-order valence-electron chi connectivity index (χ3n) is 1.58. The van der Waals surface area contributed by atoms with Gasteiger partial charge in [0.15, 0.2) is 0 Å². The summed E-state index contributed by atoms with van der Waals surface area (Å²) in [4.78, 5) is 0. The van der Waals surface area contributed by atoms with Crippen LogP contribution in [-0.4, -0.2) is 35.1 Å². The number of aliphatic hydroxyl groups is 1. The Bertz CT molecular complexity index is 263. The fourth-order valence-corrected chi connectivity index (χ4v) is 0.970. The van der Waals surface area contributed by atoms with Gasteiger partial charge in [-0.3, -0.25) is 0 Å². The summed E-state index contributed by atoms with van der Waals surface area (Å²) in [6, 6.07) is 3.34. The molecule has 5 heteroatoms. The Labute approximate surface area is 82.7 Å². The first-order valence-corrected chi connectivity index (χ1v) is 4.35. The molecule has 0 amide bonds. The predicted molar refractivity (Wildman–Crippen MR) is 49.9 cm³/mol. The molecule has 0 fully saturated rings. The molecule has 0 aliphatic carbocycles. The molecule has 14 heavy (non-hydrogen) atoms. The van der Waals surface area contributed by atoms with Crippen molar-refractivity contribution in [1.29, 1.82) is 0 Å². The summed E-state index contributed by atoms with van der Waals surface area (Å²) in [5.74, 6) is 0.437. The molecule has 0 spiro atoms. The van der Waals surface area contributed by atoms with Gasteiger partial charge in [-0.15, -0.1) is 10.2 Å². The first-order chi connectivity index (χ1) is 6.76. The second-order valence-corrected chi connectivity index (χ2v) is 2.90. The van der Waals surface area contributed by atoms with Gasteiger partial charge in [0.1, 0.15) is 6.10 Å². The van der Waals surface area contributed by atoms with Crippen LogP contribution >= 0.6 is 0 Å². The van der Waals surface area contributed by atoms with Crippen LogP contribution in [0.4, 0.5) is 0 Å². The highest BCUT2D eigenvalue weighted by Crippen LogP contribution is 2.07. The first kappa shape index (κ1) is 10.9. The number of hydrogen-bond donors (Lipinski definition) is 1. The molecule has 1 heterocycles. The molecule has 0 aliphatic heterocycles. The molecule has 1 aromatic rings. The van der Waals surface area contributed by atoms with Crippen LogP contribution in [0.15, 0.2) is 12.1 Å². The van der Waals surface area contributed by atoms with Crippen LogP contribution in [0.1, 0.15) is 12.6 Å². The third kappa shape index (κ3) is 3.27. The van der Waals surface area contributed by atoms with Crippen LogP contribution < -0.4 is 4.74 Å². The van der Waals surface area contributed by atoms with Crippen LogP contribution in [0.3, 0.4) is 0 Å². The van der Waals surface area contributed by atoms with E-state index in [4.69, 9.17) is 14.6 Å². The van der Waals surface area contributed by atoms with Gasteiger partial charge in [-0.2, -0.15) is 0 Å². The number of ether oxygens (including phenoxy) is 2. The van der Waals surface area contributed by atoms with Crippen LogP contribution in [0, 0.1) is 0 Å². The molecule has 1 atom stereocenters. The van der Waals surface area contributed by atoms with Crippen molar-refractivity contribution in [2.75, 3.05) is 13.7 Å². The number of aromatic nitrogens is 2. The van der Waals surface area contributed by atoms with Gasteiger partial charge in [-0.05, 0) is 13.0 Å². The molecule has 0 saturated heterocycles. The quantitative estimate of drug-likeness (QED) is 0.741. The minimum absolute atomic E-state index is 0.0609. The molecule has 1 aromatic heterocycles. The highest BCUT2D eigenvalue weighted by Gasteiger charge is 2.04. The maximum atomic E-state index is 8.73. The van der Waals surface area contributed by atoms with Crippen molar-refractivity contribution in [3.63, 3.8) is 0 Å². The minimum atomic E-state index is -0.110. The van der Waals surface area contributed by atoms with Crippen molar-refractivity contribution < 1.29 is 14.6 Å². The van der Waals surface area contributed by atoms with Crippen molar-refractivity contribution in [3.05, 3.63) is 17.8 Å². The van der Waals surface area contributed by atoms with Crippen molar-refractivity contribution in [2.24, 2.45) is 0 Å². The lowest BCUT2D eigenvalue weighted by Crippen LogP contribution is -2.18. The lowest BCUT2D eigenvalue weighted by atomic mass is 10.4. The van der Waals surface area contributed by atoms with Gasteiger partial charge >= 0.3 is 0 Å². The normalized spacial score (nSPS) is 12.5. The Hall–Kier alpha value is -1.20. The highest BCUT2D eigenvalue weighted by atomic mass is 16.5. The standard InChI is InChI=1S/C9H14N2O3/c1-7(6-13-2)14-9-4-3-8(5-12)10-11-9/h3-4,7,12H,5-6H2,1-2H3. The maximum absolute atomic E-state index is 8.73. The molecular formula is C9H14N2O3. The van der Waals surface area contributed by atoms with Crippen LogP contribution in [0.5, 0.6) is 5.88 Å². The fourth-order valence-electron chi connectivity index (χ4n) is 0.970. The zero-order chi connectivity index (χ0) is 10.4. The van der Waals surface area contributed by atoms with Gasteiger partial charge in [0.2, 0.25) is 5.88 Å². The fraction of sp³-hybridized carbons (Fsp3) is 0.556. The average molecular weight is 198 g/mol. The van der Waals surface area contributed by atoms with E-state index in [1.54, 1.807) is 19.2 Å². The lowest BCUT2D eigenvalue weighted by molar-refractivity contribution is 0.0881. The zero-order valence-corrected chi connectivity index (χ0v) is 8.30.